The van der Waals surface area contributed by atoms with Gasteiger partial charge in [0.1, 0.15) is 5.75 Å². The lowest BCUT2D eigenvalue weighted by Crippen LogP contribution is -2.07. The highest BCUT2D eigenvalue weighted by molar-refractivity contribution is 6.12. The van der Waals surface area contributed by atoms with Crippen LogP contribution in [0.5, 0.6) is 23.0 Å². The summed E-state index contributed by atoms with van der Waals surface area (Å²) in [7, 11) is 6.03. The normalized spacial score (nSPS) is 10.1. The Morgan fingerprint density at radius 2 is 1.48 bits per heavy atom. The molecule has 0 saturated heterocycles. The molecule has 0 atom stereocenters. The largest absolute Gasteiger partial charge is 0.497 e. The number of carbonyl (C=O) groups is 1. The topological polar surface area (TPSA) is 80.0 Å². The second-order valence-corrected chi connectivity index (χ2v) is 4.70. The molecule has 0 aliphatic heterocycles. The molecular formula is C17H19NO5. The monoisotopic (exact) mass is 317 g/mol. The van der Waals surface area contributed by atoms with Crippen LogP contribution in [0.3, 0.4) is 0 Å². The summed E-state index contributed by atoms with van der Waals surface area (Å²) in [5.74, 6) is 1.58. The van der Waals surface area contributed by atoms with Gasteiger partial charge in [-0.2, -0.15) is 0 Å². The van der Waals surface area contributed by atoms with E-state index in [1.807, 2.05) is 0 Å². The maximum Gasteiger partial charge on any atom is 0.203 e. The SMILES string of the molecule is COc1ccc(C(=O)c2cc(OC)c(OC)c(OC)c2)c(N)c1. The van der Waals surface area contributed by atoms with Gasteiger partial charge in [0.2, 0.25) is 5.75 Å². The molecule has 0 fully saturated rings. The Hall–Kier alpha value is -2.89. The van der Waals surface area contributed by atoms with Crippen LogP contribution in [0.25, 0.3) is 0 Å². The minimum atomic E-state index is -0.246. The smallest absolute Gasteiger partial charge is 0.203 e. The molecule has 6 nitrogen and oxygen atoms in total. The van der Waals surface area contributed by atoms with Crippen LogP contribution < -0.4 is 24.7 Å². The van der Waals surface area contributed by atoms with Gasteiger partial charge >= 0.3 is 0 Å². The third kappa shape index (κ3) is 3.15. The Labute approximate surface area is 134 Å². The first-order chi connectivity index (χ1) is 11.0. The number of hydrogen-bond donors (Lipinski definition) is 1. The van der Waals surface area contributed by atoms with Gasteiger partial charge in [-0.15, -0.1) is 0 Å². The molecule has 0 spiro atoms. The van der Waals surface area contributed by atoms with Gasteiger partial charge in [0.25, 0.3) is 0 Å². The molecule has 0 heterocycles. The summed E-state index contributed by atoms with van der Waals surface area (Å²) in [6.07, 6.45) is 0. The van der Waals surface area contributed by atoms with E-state index >= 15 is 0 Å². The Balaban J connectivity index is 2.51. The molecule has 0 radical (unpaired) electrons. The highest BCUT2D eigenvalue weighted by Crippen LogP contribution is 2.39. The van der Waals surface area contributed by atoms with Crippen LogP contribution in [-0.4, -0.2) is 34.2 Å². The maximum atomic E-state index is 12.7. The van der Waals surface area contributed by atoms with E-state index in [-0.39, 0.29) is 5.78 Å². The fourth-order valence-corrected chi connectivity index (χ4v) is 2.24. The summed E-state index contributed by atoms with van der Waals surface area (Å²) in [6.45, 7) is 0. The third-order valence-corrected chi connectivity index (χ3v) is 3.43. The van der Waals surface area contributed by atoms with Crippen LogP contribution in [0.15, 0.2) is 30.3 Å². The predicted molar refractivity (Wildman–Crippen MR) is 86.9 cm³/mol. The van der Waals surface area contributed by atoms with Crippen LogP contribution in [0.4, 0.5) is 5.69 Å². The van der Waals surface area contributed by atoms with Crippen molar-refractivity contribution >= 4 is 11.5 Å². The van der Waals surface area contributed by atoms with Gasteiger partial charge in [0.15, 0.2) is 17.3 Å². The number of anilines is 1. The minimum Gasteiger partial charge on any atom is -0.497 e. The van der Waals surface area contributed by atoms with E-state index in [0.717, 1.165) is 0 Å². The van der Waals surface area contributed by atoms with Crippen molar-refractivity contribution in [1.82, 2.24) is 0 Å². The fraction of sp³-hybridized carbons (Fsp3) is 0.235. The van der Waals surface area contributed by atoms with Crippen LogP contribution in [0.2, 0.25) is 0 Å². The lowest BCUT2D eigenvalue weighted by atomic mass is 10.0. The van der Waals surface area contributed by atoms with Gasteiger partial charge in [-0.1, -0.05) is 0 Å². The summed E-state index contributed by atoms with van der Waals surface area (Å²) in [5, 5.41) is 0. The molecule has 0 saturated carbocycles. The van der Waals surface area contributed by atoms with E-state index in [0.29, 0.717) is 39.8 Å². The number of ketones is 1. The van der Waals surface area contributed by atoms with Crippen molar-refractivity contribution in [2.45, 2.75) is 0 Å². The minimum absolute atomic E-state index is 0.246. The molecule has 6 heteroatoms. The zero-order valence-corrected chi connectivity index (χ0v) is 13.5. The van der Waals surface area contributed by atoms with E-state index in [2.05, 4.69) is 0 Å². The van der Waals surface area contributed by atoms with E-state index in [9.17, 15) is 4.79 Å². The highest BCUT2D eigenvalue weighted by Gasteiger charge is 2.19. The molecule has 122 valence electrons. The average Bonchev–Trinajstić information content (AvgIpc) is 2.59. The molecule has 0 amide bonds. The molecule has 0 aliphatic carbocycles. The Morgan fingerprint density at radius 3 is 1.91 bits per heavy atom. The number of benzene rings is 2. The summed E-state index contributed by atoms with van der Waals surface area (Å²) >= 11 is 0. The van der Waals surface area contributed by atoms with Crippen molar-refractivity contribution in [3.05, 3.63) is 41.5 Å². The number of nitrogens with two attached hydrogens (primary N) is 1. The van der Waals surface area contributed by atoms with E-state index in [1.54, 1.807) is 30.3 Å². The number of hydrogen-bond acceptors (Lipinski definition) is 6. The Kier molecular flexibility index (Phi) is 4.95. The highest BCUT2D eigenvalue weighted by atomic mass is 16.5. The van der Waals surface area contributed by atoms with Crippen molar-refractivity contribution in [2.24, 2.45) is 0 Å². The van der Waals surface area contributed by atoms with Crippen LogP contribution in [0, 0.1) is 0 Å². The first-order valence-electron chi connectivity index (χ1n) is 6.84. The summed E-state index contributed by atoms with van der Waals surface area (Å²) in [4.78, 5) is 12.7. The summed E-state index contributed by atoms with van der Waals surface area (Å²) < 4.78 is 20.9. The van der Waals surface area contributed by atoms with Crippen molar-refractivity contribution in [3.63, 3.8) is 0 Å². The second kappa shape index (κ2) is 6.91. The fourth-order valence-electron chi connectivity index (χ4n) is 2.24. The molecule has 23 heavy (non-hydrogen) atoms. The van der Waals surface area contributed by atoms with Gasteiger partial charge in [0.05, 0.1) is 28.4 Å². The molecule has 2 N–H and O–H groups in total. The van der Waals surface area contributed by atoms with Crippen molar-refractivity contribution in [1.29, 1.82) is 0 Å². The van der Waals surface area contributed by atoms with Gasteiger partial charge in [-0.05, 0) is 24.3 Å². The van der Waals surface area contributed by atoms with Gasteiger partial charge in [0, 0.05) is 22.9 Å². The molecule has 0 unspecified atom stereocenters. The predicted octanol–water partition coefficient (Wildman–Crippen LogP) is 2.53. The van der Waals surface area contributed by atoms with E-state index in [1.165, 1.54) is 28.4 Å². The molecule has 2 rings (SSSR count). The molecule has 2 aromatic carbocycles. The lowest BCUT2D eigenvalue weighted by molar-refractivity contribution is 0.103. The van der Waals surface area contributed by atoms with Crippen molar-refractivity contribution in [3.8, 4) is 23.0 Å². The van der Waals surface area contributed by atoms with Gasteiger partial charge in [-0.3, -0.25) is 4.79 Å². The quantitative estimate of drug-likeness (QED) is 0.651. The Bertz CT molecular complexity index is 702. The third-order valence-electron chi connectivity index (χ3n) is 3.43. The van der Waals surface area contributed by atoms with E-state index < -0.39 is 0 Å². The van der Waals surface area contributed by atoms with Crippen molar-refractivity contribution < 1.29 is 23.7 Å². The number of ether oxygens (including phenoxy) is 4. The summed E-state index contributed by atoms with van der Waals surface area (Å²) in [6, 6.07) is 8.09. The van der Waals surface area contributed by atoms with Gasteiger partial charge < -0.3 is 24.7 Å². The number of methoxy groups -OCH3 is 4. The molecular weight excluding hydrogens is 298 g/mol. The zero-order valence-electron chi connectivity index (χ0n) is 13.5. The van der Waals surface area contributed by atoms with Gasteiger partial charge in [-0.25, -0.2) is 0 Å². The second-order valence-electron chi connectivity index (χ2n) is 4.70. The number of nitrogen functional groups attached to an aromatic ring is 1. The standard InChI is InChI=1S/C17H19NO5/c1-20-11-5-6-12(13(18)9-11)16(19)10-7-14(21-2)17(23-4)15(8-10)22-3/h5-9H,18H2,1-4H3. The van der Waals surface area contributed by atoms with Crippen LogP contribution in [-0.2, 0) is 0 Å². The number of carbonyl (C=O) groups excluding carboxylic acids is 1. The Morgan fingerprint density at radius 1 is 0.870 bits per heavy atom. The van der Waals surface area contributed by atoms with Crippen LogP contribution >= 0.6 is 0 Å². The lowest BCUT2D eigenvalue weighted by Gasteiger charge is -2.14. The molecule has 0 aliphatic rings. The van der Waals surface area contributed by atoms with Crippen LogP contribution in [0.1, 0.15) is 15.9 Å². The molecule has 2 aromatic rings. The molecule has 0 aromatic heterocycles. The zero-order chi connectivity index (χ0) is 17.0. The first-order valence-corrected chi connectivity index (χ1v) is 6.84. The van der Waals surface area contributed by atoms with Crippen molar-refractivity contribution in [2.75, 3.05) is 34.2 Å². The summed E-state index contributed by atoms with van der Waals surface area (Å²) in [5.41, 5.74) is 7.04. The maximum absolute atomic E-state index is 12.7. The van der Waals surface area contributed by atoms with E-state index in [4.69, 9.17) is 24.7 Å². The molecule has 0 bridgehead atoms. The average molecular weight is 317 g/mol. The first kappa shape index (κ1) is 16.5. The number of rotatable bonds is 6.